The van der Waals surface area contributed by atoms with Gasteiger partial charge in [0, 0.05) is 0 Å². The molecular weight excluding hydrogens is 216 g/mol. The Bertz CT molecular complexity index is 409. The fourth-order valence-electron chi connectivity index (χ4n) is 0.894. The molecule has 0 aliphatic rings. The molecule has 16 heavy (non-hydrogen) atoms. The number of nitrogens with zero attached hydrogens (tertiary/aromatic N) is 2. The lowest BCUT2D eigenvalue weighted by Crippen LogP contribution is -2.41. The van der Waals surface area contributed by atoms with Crippen molar-refractivity contribution in [2.45, 2.75) is 6.04 Å². The average Bonchev–Trinajstić information content (AvgIpc) is 2.25. The van der Waals surface area contributed by atoms with Gasteiger partial charge in [0.1, 0.15) is 18.8 Å². The van der Waals surface area contributed by atoms with Gasteiger partial charge in [0.05, 0.1) is 0 Å². The summed E-state index contributed by atoms with van der Waals surface area (Å²) in [6, 6.07) is 1.82. The molecule has 0 bridgehead atoms. The van der Waals surface area contributed by atoms with Crippen molar-refractivity contribution in [2.75, 3.05) is 6.61 Å². The molecule has 0 fully saturated rings. The second-order valence-corrected chi connectivity index (χ2v) is 2.90. The normalized spacial score (nSPS) is 11.8. The number of nitrogens with two attached hydrogens (primary N) is 2. The van der Waals surface area contributed by atoms with Gasteiger partial charge < -0.3 is 26.3 Å². The number of carbonyl (C=O) groups excluding carboxylic acids is 1. The molecule has 8 heteroatoms. The summed E-state index contributed by atoms with van der Waals surface area (Å²) in [5.74, 6) is -1.23. The molecule has 1 unspecified atom stereocenters. The van der Waals surface area contributed by atoms with Crippen molar-refractivity contribution in [3.63, 3.8) is 0 Å². The first-order valence-corrected chi connectivity index (χ1v) is 4.29. The van der Waals surface area contributed by atoms with Crippen molar-refractivity contribution < 1.29 is 14.5 Å². The molecular formula is C8H10N4O4. The maximum atomic E-state index is 10.6. The van der Waals surface area contributed by atoms with Crippen LogP contribution in [-0.2, 0) is 4.79 Å². The number of primary amides is 1. The third kappa shape index (κ3) is 2.89. The summed E-state index contributed by atoms with van der Waals surface area (Å²) in [5, 5.41) is 10.5. The zero-order chi connectivity index (χ0) is 12.1. The highest BCUT2D eigenvalue weighted by Gasteiger charge is 2.17. The molecule has 8 nitrogen and oxygen atoms in total. The first-order valence-electron chi connectivity index (χ1n) is 4.29. The lowest BCUT2D eigenvalue weighted by Gasteiger charge is -2.09. The van der Waals surface area contributed by atoms with Gasteiger partial charge in [0.25, 0.3) is 0 Å². The summed E-state index contributed by atoms with van der Waals surface area (Å²) < 4.78 is 4.99. The van der Waals surface area contributed by atoms with Gasteiger partial charge in [0.2, 0.25) is 11.7 Å². The fraction of sp³-hybridized carbons (Fsp3) is 0.250. The molecule has 1 amide bonds. The van der Waals surface area contributed by atoms with E-state index in [-0.39, 0.29) is 12.4 Å². The predicted octanol–water partition coefficient (Wildman–Crippen LogP) is -0.819. The van der Waals surface area contributed by atoms with E-state index in [0.717, 1.165) is 0 Å². The van der Waals surface area contributed by atoms with E-state index in [9.17, 15) is 14.9 Å². The molecule has 1 aromatic rings. The SMILES string of the molecule is NC(=O)C(N)COc1cccnc1[N+](=O)[O-]. The molecule has 1 rings (SSSR count). The highest BCUT2D eigenvalue weighted by Crippen LogP contribution is 2.22. The number of hydrogen-bond acceptors (Lipinski definition) is 6. The number of rotatable bonds is 5. The Morgan fingerprint density at radius 2 is 2.38 bits per heavy atom. The topological polar surface area (TPSA) is 134 Å². The van der Waals surface area contributed by atoms with Crippen LogP contribution in [0.1, 0.15) is 0 Å². The third-order valence-electron chi connectivity index (χ3n) is 1.71. The number of nitro groups is 1. The van der Waals surface area contributed by atoms with Crippen LogP contribution in [0.25, 0.3) is 0 Å². The first-order chi connectivity index (χ1) is 7.52. The average molecular weight is 226 g/mol. The van der Waals surface area contributed by atoms with Gasteiger partial charge >= 0.3 is 5.82 Å². The highest BCUT2D eigenvalue weighted by molar-refractivity contribution is 5.79. The van der Waals surface area contributed by atoms with Crippen LogP contribution in [0.3, 0.4) is 0 Å². The molecule has 0 spiro atoms. The smallest absolute Gasteiger partial charge is 0.406 e. The van der Waals surface area contributed by atoms with E-state index < -0.39 is 22.7 Å². The quantitative estimate of drug-likeness (QED) is 0.497. The Kier molecular flexibility index (Phi) is 3.72. The number of pyridine rings is 1. The van der Waals surface area contributed by atoms with Crippen LogP contribution in [0, 0.1) is 10.1 Å². The van der Waals surface area contributed by atoms with Crippen molar-refractivity contribution in [1.29, 1.82) is 0 Å². The highest BCUT2D eigenvalue weighted by atomic mass is 16.6. The van der Waals surface area contributed by atoms with E-state index in [1.54, 1.807) is 0 Å². The van der Waals surface area contributed by atoms with E-state index in [2.05, 4.69) is 4.98 Å². The summed E-state index contributed by atoms with van der Waals surface area (Å²) in [5.41, 5.74) is 10.2. The van der Waals surface area contributed by atoms with Crippen molar-refractivity contribution in [3.8, 4) is 5.75 Å². The summed E-state index contributed by atoms with van der Waals surface area (Å²) in [7, 11) is 0. The molecule has 0 aliphatic carbocycles. The van der Waals surface area contributed by atoms with Crippen LogP contribution in [0.4, 0.5) is 5.82 Å². The van der Waals surface area contributed by atoms with Gasteiger partial charge in [-0.25, -0.2) is 0 Å². The molecule has 1 aromatic heterocycles. The summed E-state index contributed by atoms with van der Waals surface area (Å²) >= 11 is 0. The van der Waals surface area contributed by atoms with Gasteiger partial charge in [-0.15, -0.1) is 0 Å². The largest absolute Gasteiger partial charge is 0.483 e. The van der Waals surface area contributed by atoms with Crippen molar-refractivity contribution >= 4 is 11.7 Å². The number of carbonyl (C=O) groups is 1. The van der Waals surface area contributed by atoms with Crippen LogP contribution >= 0.6 is 0 Å². The molecule has 86 valence electrons. The van der Waals surface area contributed by atoms with E-state index in [1.165, 1.54) is 18.3 Å². The van der Waals surface area contributed by atoms with Gasteiger partial charge in [-0.05, 0) is 22.0 Å². The number of amides is 1. The Morgan fingerprint density at radius 1 is 1.69 bits per heavy atom. The Hall–Kier alpha value is -2.22. The van der Waals surface area contributed by atoms with Crippen LogP contribution in [-0.4, -0.2) is 28.5 Å². The number of aromatic nitrogens is 1. The molecule has 0 aromatic carbocycles. The van der Waals surface area contributed by atoms with Gasteiger partial charge in [-0.1, -0.05) is 0 Å². The number of ether oxygens (including phenoxy) is 1. The molecule has 0 radical (unpaired) electrons. The van der Waals surface area contributed by atoms with Crippen molar-refractivity contribution in [3.05, 3.63) is 28.4 Å². The standard InChI is InChI=1S/C8H10N4O4/c9-5(7(10)13)4-16-6-2-1-3-11-8(6)12(14)15/h1-3,5H,4,9H2,(H2,10,13). The van der Waals surface area contributed by atoms with Crippen molar-refractivity contribution in [2.24, 2.45) is 11.5 Å². The van der Waals surface area contributed by atoms with Gasteiger partial charge in [-0.2, -0.15) is 0 Å². The lowest BCUT2D eigenvalue weighted by molar-refractivity contribution is -0.390. The Morgan fingerprint density at radius 3 is 2.94 bits per heavy atom. The van der Waals surface area contributed by atoms with Crippen molar-refractivity contribution in [1.82, 2.24) is 4.98 Å². The zero-order valence-corrected chi connectivity index (χ0v) is 8.20. The monoisotopic (exact) mass is 226 g/mol. The summed E-state index contributed by atoms with van der Waals surface area (Å²) in [6.07, 6.45) is 1.26. The van der Waals surface area contributed by atoms with Crippen LogP contribution < -0.4 is 16.2 Å². The minimum absolute atomic E-state index is 0.0517. The van der Waals surface area contributed by atoms with Crippen LogP contribution in [0.2, 0.25) is 0 Å². The number of hydrogen-bond donors (Lipinski definition) is 2. The molecule has 4 N–H and O–H groups in total. The minimum atomic E-state index is -1.01. The Labute approximate surface area is 90.4 Å². The second kappa shape index (κ2) is 5.03. The fourth-order valence-corrected chi connectivity index (χ4v) is 0.894. The Balaban J connectivity index is 2.74. The van der Waals surface area contributed by atoms with Gasteiger partial charge in [-0.3, -0.25) is 4.79 Å². The van der Waals surface area contributed by atoms with E-state index in [0.29, 0.717) is 0 Å². The first kappa shape index (κ1) is 11.9. The minimum Gasteiger partial charge on any atom is -0.483 e. The molecule has 1 heterocycles. The zero-order valence-electron chi connectivity index (χ0n) is 8.20. The maximum absolute atomic E-state index is 10.6. The second-order valence-electron chi connectivity index (χ2n) is 2.90. The van der Waals surface area contributed by atoms with Crippen LogP contribution in [0.15, 0.2) is 18.3 Å². The molecule has 0 saturated carbocycles. The van der Waals surface area contributed by atoms with Crippen LogP contribution in [0.5, 0.6) is 5.75 Å². The summed E-state index contributed by atoms with van der Waals surface area (Å²) in [6.45, 7) is -0.234. The van der Waals surface area contributed by atoms with E-state index >= 15 is 0 Å². The van der Waals surface area contributed by atoms with Gasteiger partial charge in [0.15, 0.2) is 0 Å². The predicted molar refractivity (Wildman–Crippen MR) is 53.6 cm³/mol. The summed E-state index contributed by atoms with van der Waals surface area (Å²) in [4.78, 5) is 24.0. The molecule has 1 atom stereocenters. The molecule has 0 aliphatic heterocycles. The third-order valence-corrected chi connectivity index (χ3v) is 1.71. The molecule has 0 saturated heterocycles. The lowest BCUT2D eigenvalue weighted by atomic mass is 10.3. The van der Waals surface area contributed by atoms with E-state index in [1.807, 2.05) is 0 Å². The van der Waals surface area contributed by atoms with E-state index in [4.69, 9.17) is 16.2 Å². The maximum Gasteiger partial charge on any atom is 0.406 e.